The van der Waals surface area contributed by atoms with Gasteiger partial charge in [-0.2, -0.15) is 0 Å². The number of rotatable bonds is 5. The van der Waals surface area contributed by atoms with Crippen LogP contribution >= 0.6 is 22.9 Å². The lowest BCUT2D eigenvalue weighted by Crippen LogP contribution is -2.41. The second-order valence-electron chi connectivity index (χ2n) is 7.25. The maximum absolute atomic E-state index is 11.8. The quantitative estimate of drug-likeness (QED) is 0.798. The summed E-state index contributed by atoms with van der Waals surface area (Å²) < 4.78 is 6.12. The summed E-state index contributed by atoms with van der Waals surface area (Å²) in [5.74, 6) is 0.444. The number of carbonyl (C=O) groups excluding carboxylic acids is 1. The van der Waals surface area contributed by atoms with Crippen molar-refractivity contribution in [3.05, 3.63) is 21.3 Å². The van der Waals surface area contributed by atoms with Gasteiger partial charge in [-0.25, -0.2) is 4.79 Å². The van der Waals surface area contributed by atoms with Gasteiger partial charge in [0.15, 0.2) is 0 Å². The number of alkyl carbamates (subject to hydrolysis) is 1. The van der Waals surface area contributed by atoms with Crippen molar-refractivity contribution >= 4 is 29.0 Å². The molecule has 4 nitrogen and oxygen atoms in total. The van der Waals surface area contributed by atoms with E-state index in [1.807, 2.05) is 26.8 Å². The third-order valence-corrected chi connectivity index (χ3v) is 5.23. The number of ether oxygens (including phenoxy) is 1. The second kappa shape index (κ2) is 7.86. The van der Waals surface area contributed by atoms with Crippen LogP contribution in [0.3, 0.4) is 0 Å². The molecule has 2 N–H and O–H groups in total. The van der Waals surface area contributed by atoms with Crippen molar-refractivity contribution in [2.75, 3.05) is 6.54 Å². The highest BCUT2D eigenvalue weighted by atomic mass is 35.5. The lowest BCUT2D eigenvalue weighted by molar-refractivity contribution is 0.0517. The zero-order valence-corrected chi connectivity index (χ0v) is 15.9. The van der Waals surface area contributed by atoms with E-state index < -0.39 is 5.60 Å². The number of amides is 1. The van der Waals surface area contributed by atoms with E-state index >= 15 is 0 Å². The first-order valence-corrected chi connectivity index (χ1v) is 9.47. The highest BCUT2D eigenvalue weighted by Crippen LogP contribution is 2.30. The minimum absolute atomic E-state index is 0.269. The molecular weight excluding hydrogens is 332 g/mol. The van der Waals surface area contributed by atoms with Crippen molar-refractivity contribution in [1.29, 1.82) is 0 Å². The molecule has 2 rings (SSSR count). The fourth-order valence-electron chi connectivity index (χ4n) is 3.00. The molecule has 6 heteroatoms. The number of carbonyl (C=O) groups is 1. The Morgan fingerprint density at radius 1 is 1.48 bits per heavy atom. The molecule has 0 aliphatic heterocycles. The fraction of sp³-hybridized carbons (Fsp3) is 0.706. The molecule has 1 aromatic rings. The van der Waals surface area contributed by atoms with Gasteiger partial charge in [0.25, 0.3) is 0 Å². The summed E-state index contributed by atoms with van der Waals surface area (Å²) in [4.78, 5) is 11.8. The molecule has 1 saturated carbocycles. The van der Waals surface area contributed by atoms with Crippen LogP contribution in [0.25, 0.3) is 0 Å². The SMILES string of the molecule is CC(NC1CCCC1CNC(=O)OC(C)(C)C)c1csc(Cl)c1. The van der Waals surface area contributed by atoms with Gasteiger partial charge < -0.3 is 15.4 Å². The van der Waals surface area contributed by atoms with Gasteiger partial charge in [0.1, 0.15) is 5.60 Å². The predicted molar refractivity (Wildman–Crippen MR) is 96.2 cm³/mol. The van der Waals surface area contributed by atoms with Crippen LogP contribution in [0, 0.1) is 5.92 Å². The zero-order valence-electron chi connectivity index (χ0n) is 14.3. The number of hydrogen-bond acceptors (Lipinski definition) is 4. The lowest BCUT2D eigenvalue weighted by Gasteiger charge is -2.26. The van der Waals surface area contributed by atoms with Crippen molar-refractivity contribution in [1.82, 2.24) is 10.6 Å². The first kappa shape index (κ1) is 18.6. The first-order chi connectivity index (χ1) is 10.7. The topological polar surface area (TPSA) is 50.4 Å². The van der Waals surface area contributed by atoms with Gasteiger partial charge in [-0.1, -0.05) is 18.0 Å². The molecular formula is C17H27ClN2O2S. The summed E-state index contributed by atoms with van der Waals surface area (Å²) in [6.07, 6.45) is 3.13. The summed E-state index contributed by atoms with van der Waals surface area (Å²) >= 11 is 7.58. The Kier molecular flexibility index (Phi) is 6.34. The average Bonchev–Trinajstić information content (AvgIpc) is 3.03. The highest BCUT2D eigenvalue weighted by Gasteiger charge is 2.29. The van der Waals surface area contributed by atoms with E-state index in [-0.39, 0.29) is 12.1 Å². The highest BCUT2D eigenvalue weighted by molar-refractivity contribution is 7.14. The molecule has 0 saturated heterocycles. The Morgan fingerprint density at radius 2 is 2.22 bits per heavy atom. The van der Waals surface area contributed by atoms with Crippen LogP contribution in [0.4, 0.5) is 4.79 Å². The molecule has 1 heterocycles. The van der Waals surface area contributed by atoms with Crippen LogP contribution in [0.1, 0.15) is 58.6 Å². The number of hydrogen-bond donors (Lipinski definition) is 2. The van der Waals surface area contributed by atoms with E-state index in [2.05, 4.69) is 22.9 Å². The van der Waals surface area contributed by atoms with Gasteiger partial charge in [-0.05, 0) is 63.5 Å². The van der Waals surface area contributed by atoms with Gasteiger partial charge in [0.05, 0.1) is 4.34 Å². The number of thiophene rings is 1. The molecule has 0 aromatic carbocycles. The Bertz CT molecular complexity index is 527. The van der Waals surface area contributed by atoms with Crippen LogP contribution in [0.2, 0.25) is 4.34 Å². The van der Waals surface area contributed by atoms with Crippen LogP contribution in [-0.4, -0.2) is 24.3 Å². The lowest BCUT2D eigenvalue weighted by atomic mass is 10.0. The third kappa shape index (κ3) is 5.98. The summed E-state index contributed by atoms with van der Waals surface area (Å²) in [5.41, 5.74) is 0.773. The molecule has 23 heavy (non-hydrogen) atoms. The molecule has 1 aromatic heterocycles. The van der Waals surface area contributed by atoms with E-state index in [9.17, 15) is 4.79 Å². The first-order valence-electron chi connectivity index (χ1n) is 8.21. The summed E-state index contributed by atoms with van der Waals surface area (Å²) in [7, 11) is 0. The third-order valence-electron chi connectivity index (χ3n) is 4.12. The molecule has 1 fully saturated rings. The Morgan fingerprint density at radius 3 is 2.83 bits per heavy atom. The molecule has 3 unspecified atom stereocenters. The molecule has 0 spiro atoms. The van der Waals surface area contributed by atoms with Crippen molar-refractivity contribution in [2.24, 2.45) is 5.92 Å². The van der Waals surface area contributed by atoms with Crippen LogP contribution in [0.15, 0.2) is 11.4 Å². The number of nitrogens with one attached hydrogen (secondary N) is 2. The fourth-order valence-corrected chi connectivity index (χ4v) is 3.98. The monoisotopic (exact) mass is 358 g/mol. The van der Waals surface area contributed by atoms with Crippen molar-refractivity contribution in [3.63, 3.8) is 0 Å². The summed E-state index contributed by atoms with van der Waals surface area (Å²) in [6.45, 7) is 8.44. The van der Waals surface area contributed by atoms with Gasteiger partial charge in [0, 0.05) is 18.6 Å². The van der Waals surface area contributed by atoms with Gasteiger partial charge in [-0.15, -0.1) is 11.3 Å². The molecule has 0 bridgehead atoms. The summed E-state index contributed by atoms with van der Waals surface area (Å²) in [5, 5.41) is 8.69. The van der Waals surface area contributed by atoms with Gasteiger partial charge in [-0.3, -0.25) is 0 Å². The second-order valence-corrected chi connectivity index (χ2v) is 8.80. The number of halogens is 1. The average molecular weight is 359 g/mol. The van der Waals surface area contributed by atoms with E-state index in [1.165, 1.54) is 12.0 Å². The minimum Gasteiger partial charge on any atom is -0.444 e. The van der Waals surface area contributed by atoms with Crippen molar-refractivity contribution in [2.45, 2.75) is 64.6 Å². The maximum atomic E-state index is 11.8. The molecule has 130 valence electrons. The molecule has 0 radical (unpaired) electrons. The van der Waals surface area contributed by atoms with E-state index in [1.54, 1.807) is 11.3 Å². The van der Waals surface area contributed by atoms with Crippen molar-refractivity contribution in [3.8, 4) is 0 Å². The Hall–Kier alpha value is -0.780. The zero-order chi connectivity index (χ0) is 17.0. The maximum Gasteiger partial charge on any atom is 0.407 e. The molecule has 1 amide bonds. The molecule has 1 aliphatic rings. The normalized spacial score (nSPS) is 22.8. The van der Waals surface area contributed by atoms with Gasteiger partial charge >= 0.3 is 6.09 Å². The van der Waals surface area contributed by atoms with Crippen LogP contribution < -0.4 is 10.6 Å². The van der Waals surface area contributed by atoms with Crippen LogP contribution in [0.5, 0.6) is 0 Å². The van der Waals surface area contributed by atoms with E-state index in [0.717, 1.165) is 17.2 Å². The van der Waals surface area contributed by atoms with Crippen LogP contribution in [-0.2, 0) is 4.74 Å². The standard InChI is InChI=1S/C17H27ClN2O2S/c1-11(13-8-15(18)23-10-13)20-14-7-5-6-12(14)9-19-16(21)22-17(2,3)4/h8,10-12,14,20H,5-7,9H2,1-4H3,(H,19,21). The van der Waals surface area contributed by atoms with Gasteiger partial charge in [0.2, 0.25) is 0 Å². The van der Waals surface area contributed by atoms with E-state index in [0.29, 0.717) is 18.5 Å². The minimum atomic E-state index is -0.454. The molecule has 1 aliphatic carbocycles. The predicted octanol–water partition coefficient (Wildman–Crippen LogP) is 4.75. The Labute approximate surface area is 147 Å². The van der Waals surface area contributed by atoms with E-state index in [4.69, 9.17) is 16.3 Å². The Balaban J connectivity index is 1.82. The van der Waals surface area contributed by atoms with Crippen molar-refractivity contribution < 1.29 is 9.53 Å². The largest absolute Gasteiger partial charge is 0.444 e. The molecule has 3 atom stereocenters. The smallest absolute Gasteiger partial charge is 0.407 e. The summed E-state index contributed by atoms with van der Waals surface area (Å²) in [6, 6.07) is 2.71.